The number of amides is 1. The third-order valence-electron chi connectivity index (χ3n) is 8.48. The summed E-state index contributed by atoms with van der Waals surface area (Å²) < 4.78 is 22.3. The van der Waals surface area contributed by atoms with Gasteiger partial charge in [-0.1, -0.05) is 89.4 Å². The summed E-state index contributed by atoms with van der Waals surface area (Å²) in [5.74, 6) is 0.830. The van der Waals surface area contributed by atoms with E-state index in [1.54, 1.807) is 17.1 Å². The van der Waals surface area contributed by atoms with E-state index < -0.39 is 11.0 Å². The van der Waals surface area contributed by atoms with Gasteiger partial charge in [-0.3, -0.25) is 9.69 Å². The van der Waals surface area contributed by atoms with Crippen LogP contribution < -0.4 is 9.62 Å². The second kappa shape index (κ2) is 23.9. The molecule has 1 fully saturated rings. The first-order valence-corrected chi connectivity index (χ1v) is 20.4. The summed E-state index contributed by atoms with van der Waals surface area (Å²) in [6.07, 6.45) is 10.2. The van der Waals surface area contributed by atoms with Crippen molar-refractivity contribution in [3.8, 4) is 0 Å². The molecule has 1 amide bonds. The first-order chi connectivity index (χ1) is 26.1. The Bertz CT molecular complexity index is 1820. The molecule has 0 spiro atoms. The van der Waals surface area contributed by atoms with Gasteiger partial charge in [-0.15, -0.1) is 6.58 Å². The lowest BCUT2D eigenvalue weighted by Crippen LogP contribution is -2.46. The van der Waals surface area contributed by atoms with Crippen LogP contribution in [-0.4, -0.2) is 65.3 Å². The van der Waals surface area contributed by atoms with Crippen LogP contribution in [0, 0.1) is 0 Å². The number of carbonyl (C=O) groups excluding carboxylic acids is 1. The van der Waals surface area contributed by atoms with Crippen LogP contribution >= 0.6 is 0 Å². The van der Waals surface area contributed by atoms with Crippen LogP contribution in [-0.2, 0) is 26.9 Å². The molecule has 3 aromatic rings. The zero-order valence-corrected chi connectivity index (χ0v) is 35.1. The largest absolute Gasteiger partial charge is 0.489 e. The standard InChI is InChI=1S/C39H46N4O3S.C3H6.2C2H6/c1-7-30(24-29(6)27-41-20-22-42(23-21-41)36(8-2)38(9-3)46-28(4)5)39(44)43-19-18-33-25-34(15-17-37(33)43)40-47(45)35-16-14-31-12-10-11-13-32(31)26-35;1-3-2;2*1-2/h7-17,24-26,28,40H,1,6,18-23,27H2,2-5H3;3H,1H2,2H3;2*1-2H3/b30-24+,36-8+,38-9+;;;. The fourth-order valence-electron chi connectivity index (χ4n) is 6.20. The van der Waals surface area contributed by atoms with Gasteiger partial charge in [-0.25, -0.2) is 4.21 Å². The minimum atomic E-state index is -1.41. The predicted molar refractivity (Wildman–Crippen MR) is 234 cm³/mol. The number of ether oxygens (including phenoxy) is 1. The lowest BCUT2D eigenvalue weighted by molar-refractivity contribution is -0.114. The van der Waals surface area contributed by atoms with E-state index in [0.29, 0.717) is 23.6 Å². The normalized spacial score (nSPS) is 15.0. The predicted octanol–water partition coefficient (Wildman–Crippen LogP) is 10.6. The number of anilines is 2. The summed E-state index contributed by atoms with van der Waals surface area (Å²) >= 11 is 0. The average Bonchev–Trinajstić information content (AvgIpc) is 3.62. The molecule has 3 aromatic carbocycles. The molecule has 54 heavy (non-hydrogen) atoms. The number of hydrogen-bond donors (Lipinski definition) is 1. The lowest BCUT2D eigenvalue weighted by atomic mass is 10.1. The van der Waals surface area contributed by atoms with Crippen molar-refractivity contribution in [3.63, 3.8) is 0 Å². The fraction of sp³-hybridized carbons (Fsp3) is 0.370. The van der Waals surface area contributed by atoms with Gasteiger partial charge in [0.15, 0.2) is 0 Å². The van der Waals surface area contributed by atoms with Crippen molar-refractivity contribution >= 4 is 39.0 Å². The first kappa shape index (κ1) is 45.5. The summed E-state index contributed by atoms with van der Waals surface area (Å²) in [5.41, 5.74) is 5.20. The fourth-order valence-corrected chi connectivity index (χ4v) is 7.08. The van der Waals surface area contributed by atoms with E-state index in [2.05, 4.69) is 47.3 Å². The Hall–Kier alpha value is -4.66. The van der Waals surface area contributed by atoms with Gasteiger partial charge < -0.3 is 19.3 Å². The highest BCUT2D eigenvalue weighted by Gasteiger charge is 2.27. The van der Waals surface area contributed by atoms with Crippen molar-refractivity contribution in [2.24, 2.45) is 0 Å². The minimum Gasteiger partial charge on any atom is -0.489 e. The van der Waals surface area contributed by atoms with E-state index >= 15 is 0 Å². The summed E-state index contributed by atoms with van der Waals surface area (Å²) in [5, 5.41) is 2.16. The van der Waals surface area contributed by atoms with E-state index in [0.717, 1.165) is 77.3 Å². The molecule has 1 unspecified atom stereocenters. The topological polar surface area (TPSA) is 65.1 Å². The van der Waals surface area contributed by atoms with Crippen molar-refractivity contribution in [3.05, 3.63) is 139 Å². The van der Waals surface area contributed by atoms with Gasteiger partial charge in [-0.05, 0) is 105 Å². The molecule has 1 atom stereocenters. The molecule has 8 heteroatoms. The van der Waals surface area contributed by atoms with E-state index in [1.807, 2.05) is 128 Å². The number of nitrogens with zero attached hydrogens (tertiary/aromatic N) is 3. The highest BCUT2D eigenvalue weighted by molar-refractivity contribution is 7.86. The molecule has 5 rings (SSSR count). The summed E-state index contributed by atoms with van der Waals surface area (Å²) in [6, 6.07) is 19.7. The molecular formula is C46H64N4O3S. The molecule has 0 bridgehead atoms. The zero-order chi connectivity index (χ0) is 40.2. The Labute approximate surface area is 329 Å². The molecule has 292 valence electrons. The van der Waals surface area contributed by atoms with E-state index in [-0.39, 0.29) is 12.0 Å². The van der Waals surface area contributed by atoms with Crippen LogP contribution in [0.5, 0.6) is 0 Å². The van der Waals surface area contributed by atoms with Crippen LogP contribution in [0.2, 0.25) is 0 Å². The van der Waals surface area contributed by atoms with Gasteiger partial charge in [0.05, 0.1) is 16.7 Å². The maximum absolute atomic E-state index is 13.7. The molecule has 2 heterocycles. The van der Waals surface area contributed by atoms with Gasteiger partial charge in [-0.2, -0.15) is 0 Å². The highest BCUT2D eigenvalue weighted by atomic mass is 32.2. The monoisotopic (exact) mass is 752 g/mol. The molecule has 0 saturated carbocycles. The second-order valence-corrected chi connectivity index (χ2v) is 13.8. The smallest absolute Gasteiger partial charge is 0.258 e. The molecule has 1 N–H and O–H groups in total. The Morgan fingerprint density at radius 1 is 0.889 bits per heavy atom. The maximum Gasteiger partial charge on any atom is 0.258 e. The second-order valence-electron chi connectivity index (χ2n) is 12.6. The molecule has 7 nitrogen and oxygen atoms in total. The molecule has 0 aliphatic carbocycles. The number of benzene rings is 3. The summed E-state index contributed by atoms with van der Waals surface area (Å²) in [6.45, 7) is 34.5. The quantitative estimate of drug-likeness (QED) is 0.0864. The number of rotatable bonds is 12. The van der Waals surface area contributed by atoms with E-state index in [9.17, 15) is 9.00 Å². The van der Waals surface area contributed by atoms with Crippen LogP contribution in [0.3, 0.4) is 0 Å². The van der Waals surface area contributed by atoms with Gasteiger partial charge in [0.25, 0.3) is 5.91 Å². The molecule has 2 aliphatic heterocycles. The lowest BCUT2D eigenvalue weighted by Gasteiger charge is -2.38. The van der Waals surface area contributed by atoms with E-state index in [1.165, 1.54) is 0 Å². The number of nitrogens with one attached hydrogen (secondary N) is 1. The molecular weight excluding hydrogens is 689 g/mol. The van der Waals surface area contributed by atoms with Gasteiger partial charge in [0.1, 0.15) is 16.7 Å². The third-order valence-corrected chi connectivity index (χ3v) is 9.59. The minimum absolute atomic E-state index is 0.0908. The number of piperazine rings is 1. The van der Waals surface area contributed by atoms with E-state index in [4.69, 9.17) is 4.74 Å². The van der Waals surface area contributed by atoms with Gasteiger partial charge in [0, 0.05) is 56.2 Å². The van der Waals surface area contributed by atoms with Crippen molar-refractivity contribution in [1.82, 2.24) is 9.80 Å². The van der Waals surface area contributed by atoms with Crippen molar-refractivity contribution in [2.45, 2.75) is 79.7 Å². The highest BCUT2D eigenvalue weighted by Crippen LogP contribution is 2.32. The Morgan fingerprint density at radius 2 is 1.54 bits per heavy atom. The van der Waals surface area contributed by atoms with Gasteiger partial charge in [0.2, 0.25) is 0 Å². The number of fused-ring (bicyclic) bond motifs is 2. The molecule has 2 aliphatic rings. The van der Waals surface area contributed by atoms with Crippen LogP contribution in [0.4, 0.5) is 11.4 Å². The number of allylic oxidation sites excluding steroid dienone is 3. The van der Waals surface area contributed by atoms with Crippen molar-refractivity contribution < 1.29 is 13.7 Å². The Kier molecular flexibility index (Phi) is 20.1. The van der Waals surface area contributed by atoms with Crippen molar-refractivity contribution in [1.29, 1.82) is 0 Å². The molecule has 0 aromatic heterocycles. The van der Waals surface area contributed by atoms with Crippen LogP contribution in [0.15, 0.2) is 138 Å². The SMILES string of the molecule is C=C/C(=C\C(=C)CN1CCN(C(=C/C)/C(=C\C)OC(C)C)CC1)C(=O)N1CCc2cc(NS(=O)c3ccc4ccccc4c3)ccc21.C=CC.CC.CC. The van der Waals surface area contributed by atoms with Crippen LogP contribution in [0.25, 0.3) is 10.8 Å². The zero-order valence-electron chi connectivity index (χ0n) is 34.3. The van der Waals surface area contributed by atoms with Gasteiger partial charge >= 0.3 is 0 Å². The first-order valence-electron chi connectivity index (χ1n) is 19.3. The number of carbonyl (C=O) groups is 1. The average molecular weight is 753 g/mol. The van der Waals surface area contributed by atoms with Crippen molar-refractivity contribution in [2.75, 3.05) is 48.9 Å². The Morgan fingerprint density at radius 3 is 2.13 bits per heavy atom. The third kappa shape index (κ3) is 12.7. The molecule has 1 saturated heterocycles. The summed E-state index contributed by atoms with van der Waals surface area (Å²) in [7, 11) is -1.41. The molecule has 0 radical (unpaired) electrons. The summed E-state index contributed by atoms with van der Waals surface area (Å²) in [4.78, 5) is 20.9. The Balaban J connectivity index is 0.00000135. The maximum atomic E-state index is 13.7. The number of hydrogen-bond acceptors (Lipinski definition) is 5. The van der Waals surface area contributed by atoms with Crippen LogP contribution in [0.1, 0.15) is 67.9 Å².